The van der Waals surface area contributed by atoms with E-state index in [1.54, 1.807) is 6.26 Å². The van der Waals surface area contributed by atoms with Crippen LogP contribution in [0.4, 0.5) is 5.82 Å². The second-order valence-electron chi connectivity index (χ2n) is 5.25. The molecule has 1 saturated heterocycles. The molecule has 1 aliphatic rings. The third kappa shape index (κ3) is 2.38. The number of anilines is 1. The average molecular weight is 283 g/mol. The SMILES string of the molecule is c1coc(CN2CCN(c3nccn4ccnc34)CC2)c1. The first-order valence-corrected chi connectivity index (χ1v) is 7.17. The zero-order valence-electron chi connectivity index (χ0n) is 11.7. The molecule has 0 aromatic carbocycles. The Bertz CT molecular complexity index is 713. The zero-order chi connectivity index (χ0) is 14.1. The Morgan fingerprint density at radius 3 is 2.62 bits per heavy atom. The molecule has 0 aliphatic carbocycles. The van der Waals surface area contributed by atoms with E-state index in [0.29, 0.717) is 0 Å². The quantitative estimate of drug-likeness (QED) is 0.731. The van der Waals surface area contributed by atoms with Gasteiger partial charge in [0.1, 0.15) is 5.76 Å². The fourth-order valence-electron chi connectivity index (χ4n) is 2.80. The highest BCUT2D eigenvalue weighted by molar-refractivity contribution is 5.64. The number of hydrogen-bond donors (Lipinski definition) is 0. The fourth-order valence-corrected chi connectivity index (χ4v) is 2.80. The standard InChI is InChI=1S/C15H17N5O/c1-2-13(21-11-1)12-18-7-9-20(10-8-18)15-14-16-3-5-19(14)6-4-17-15/h1-6,11H,7-10,12H2. The van der Waals surface area contributed by atoms with E-state index in [0.717, 1.165) is 49.9 Å². The fraction of sp³-hybridized carbons (Fsp3) is 0.333. The van der Waals surface area contributed by atoms with E-state index in [-0.39, 0.29) is 0 Å². The third-order valence-electron chi connectivity index (χ3n) is 3.92. The molecule has 0 bridgehead atoms. The second-order valence-corrected chi connectivity index (χ2v) is 5.25. The number of nitrogens with zero attached hydrogens (tertiary/aromatic N) is 5. The molecule has 0 unspecified atom stereocenters. The topological polar surface area (TPSA) is 49.8 Å². The van der Waals surface area contributed by atoms with Gasteiger partial charge in [-0.15, -0.1) is 0 Å². The van der Waals surface area contributed by atoms with E-state index in [1.807, 2.05) is 41.3 Å². The highest BCUT2D eigenvalue weighted by Gasteiger charge is 2.20. The van der Waals surface area contributed by atoms with Gasteiger partial charge in [-0.25, -0.2) is 9.97 Å². The molecule has 0 radical (unpaired) electrons. The van der Waals surface area contributed by atoms with E-state index in [4.69, 9.17) is 4.42 Å². The van der Waals surface area contributed by atoms with Crippen LogP contribution in [0.1, 0.15) is 5.76 Å². The third-order valence-corrected chi connectivity index (χ3v) is 3.92. The number of furan rings is 1. The van der Waals surface area contributed by atoms with Crippen LogP contribution in [0.5, 0.6) is 0 Å². The van der Waals surface area contributed by atoms with Crippen LogP contribution in [-0.4, -0.2) is 45.4 Å². The molecular formula is C15H17N5O. The Morgan fingerprint density at radius 1 is 1.05 bits per heavy atom. The van der Waals surface area contributed by atoms with Crippen LogP contribution in [0.3, 0.4) is 0 Å². The summed E-state index contributed by atoms with van der Waals surface area (Å²) >= 11 is 0. The maximum Gasteiger partial charge on any atom is 0.180 e. The summed E-state index contributed by atoms with van der Waals surface area (Å²) in [6.07, 6.45) is 9.26. The number of hydrogen-bond acceptors (Lipinski definition) is 5. The molecule has 0 atom stereocenters. The molecular weight excluding hydrogens is 266 g/mol. The Labute approximate surface area is 122 Å². The molecule has 0 saturated carbocycles. The van der Waals surface area contributed by atoms with E-state index < -0.39 is 0 Å². The monoisotopic (exact) mass is 283 g/mol. The van der Waals surface area contributed by atoms with Crippen molar-refractivity contribution in [2.75, 3.05) is 31.1 Å². The van der Waals surface area contributed by atoms with Gasteiger partial charge in [0.05, 0.1) is 12.8 Å². The van der Waals surface area contributed by atoms with Crippen molar-refractivity contribution in [3.8, 4) is 0 Å². The minimum absolute atomic E-state index is 0.877. The molecule has 6 heteroatoms. The molecule has 108 valence electrons. The molecule has 0 amide bonds. The summed E-state index contributed by atoms with van der Waals surface area (Å²) in [5.41, 5.74) is 0.928. The minimum atomic E-state index is 0.877. The number of rotatable bonds is 3. The summed E-state index contributed by atoms with van der Waals surface area (Å²) in [6.45, 7) is 4.80. The van der Waals surface area contributed by atoms with Gasteiger partial charge < -0.3 is 13.7 Å². The van der Waals surface area contributed by atoms with Gasteiger partial charge in [0, 0.05) is 51.0 Å². The lowest BCUT2D eigenvalue weighted by Gasteiger charge is -2.34. The van der Waals surface area contributed by atoms with Crippen LogP contribution < -0.4 is 4.90 Å². The number of aromatic nitrogens is 3. The van der Waals surface area contributed by atoms with Crippen molar-refractivity contribution in [1.29, 1.82) is 0 Å². The second kappa shape index (κ2) is 5.21. The van der Waals surface area contributed by atoms with E-state index in [2.05, 4.69) is 19.8 Å². The number of piperazine rings is 1. The van der Waals surface area contributed by atoms with Crippen LogP contribution in [-0.2, 0) is 6.54 Å². The first-order valence-electron chi connectivity index (χ1n) is 7.17. The average Bonchev–Trinajstić information content (AvgIpc) is 3.18. The predicted molar refractivity (Wildman–Crippen MR) is 79.2 cm³/mol. The van der Waals surface area contributed by atoms with Crippen molar-refractivity contribution in [3.05, 3.63) is 48.9 Å². The van der Waals surface area contributed by atoms with Gasteiger partial charge in [-0.2, -0.15) is 0 Å². The lowest BCUT2D eigenvalue weighted by molar-refractivity contribution is 0.230. The molecule has 3 aromatic heterocycles. The maximum absolute atomic E-state index is 5.41. The van der Waals surface area contributed by atoms with Gasteiger partial charge in [-0.05, 0) is 12.1 Å². The summed E-state index contributed by atoms with van der Waals surface area (Å²) in [5.74, 6) is 2.00. The first kappa shape index (κ1) is 12.4. The van der Waals surface area contributed by atoms with E-state index in [1.165, 1.54) is 0 Å². The number of imidazole rings is 1. The molecule has 4 heterocycles. The molecule has 6 nitrogen and oxygen atoms in total. The largest absolute Gasteiger partial charge is 0.468 e. The molecule has 1 aliphatic heterocycles. The Morgan fingerprint density at radius 2 is 1.86 bits per heavy atom. The Kier molecular flexibility index (Phi) is 3.08. The van der Waals surface area contributed by atoms with Crippen molar-refractivity contribution in [1.82, 2.24) is 19.3 Å². The van der Waals surface area contributed by atoms with Gasteiger partial charge in [-0.1, -0.05) is 0 Å². The minimum Gasteiger partial charge on any atom is -0.468 e. The van der Waals surface area contributed by atoms with Crippen LogP contribution in [0.15, 0.2) is 47.6 Å². The highest BCUT2D eigenvalue weighted by atomic mass is 16.3. The Hall–Kier alpha value is -2.34. The van der Waals surface area contributed by atoms with Gasteiger partial charge in [0.15, 0.2) is 11.5 Å². The van der Waals surface area contributed by atoms with Gasteiger partial charge >= 0.3 is 0 Å². The summed E-state index contributed by atoms with van der Waals surface area (Å²) < 4.78 is 7.43. The lowest BCUT2D eigenvalue weighted by Crippen LogP contribution is -2.46. The molecule has 3 aromatic rings. The van der Waals surface area contributed by atoms with Crippen LogP contribution in [0.25, 0.3) is 5.65 Å². The van der Waals surface area contributed by atoms with Crippen molar-refractivity contribution in [2.45, 2.75) is 6.54 Å². The van der Waals surface area contributed by atoms with Crippen molar-refractivity contribution in [2.24, 2.45) is 0 Å². The van der Waals surface area contributed by atoms with Crippen LogP contribution in [0.2, 0.25) is 0 Å². The first-order chi connectivity index (χ1) is 10.4. The van der Waals surface area contributed by atoms with Crippen molar-refractivity contribution < 1.29 is 4.42 Å². The van der Waals surface area contributed by atoms with Gasteiger partial charge in [0.25, 0.3) is 0 Å². The predicted octanol–water partition coefficient (Wildman–Crippen LogP) is 1.64. The van der Waals surface area contributed by atoms with Crippen molar-refractivity contribution in [3.63, 3.8) is 0 Å². The summed E-state index contributed by atoms with van der Waals surface area (Å²) in [4.78, 5) is 13.6. The smallest absolute Gasteiger partial charge is 0.180 e. The number of fused-ring (bicyclic) bond motifs is 1. The highest BCUT2D eigenvalue weighted by Crippen LogP contribution is 2.19. The maximum atomic E-state index is 5.41. The summed E-state index contributed by atoms with van der Waals surface area (Å²) in [7, 11) is 0. The lowest BCUT2D eigenvalue weighted by atomic mass is 10.3. The zero-order valence-corrected chi connectivity index (χ0v) is 11.7. The molecule has 1 fully saturated rings. The van der Waals surface area contributed by atoms with E-state index >= 15 is 0 Å². The molecule has 21 heavy (non-hydrogen) atoms. The molecule has 4 rings (SSSR count). The van der Waals surface area contributed by atoms with E-state index in [9.17, 15) is 0 Å². The van der Waals surface area contributed by atoms with Crippen molar-refractivity contribution >= 4 is 11.5 Å². The van der Waals surface area contributed by atoms with Crippen LogP contribution >= 0.6 is 0 Å². The molecule has 0 N–H and O–H groups in total. The Balaban J connectivity index is 1.46. The van der Waals surface area contributed by atoms with Crippen LogP contribution in [0, 0.1) is 0 Å². The normalized spacial score (nSPS) is 16.7. The molecule has 0 spiro atoms. The van der Waals surface area contributed by atoms with Gasteiger partial charge in [0.2, 0.25) is 0 Å². The van der Waals surface area contributed by atoms with Gasteiger partial charge in [-0.3, -0.25) is 4.90 Å². The summed E-state index contributed by atoms with van der Waals surface area (Å²) in [5, 5.41) is 0. The summed E-state index contributed by atoms with van der Waals surface area (Å²) in [6, 6.07) is 3.97.